The van der Waals surface area contributed by atoms with Gasteiger partial charge in [0.25, 0.3) is 0 Å². The van der Waals surface area contributed by atoms with Crippen LogP contribution in [0.4, 0.5) is 14.6 Å². The summed E-state index contributed by atoms with van der Waals surface area (Å²) in [6, 6.07) is 8.69. The van der Waals surface area contributed by atoms with E-state index < -0.39 is 11.6 Å². The molecule has 234 valence electrons. The Balaban J connectivity index is 1.36. The minimum atomic E-state index is -0.594. The van der Waals surface area contributed by atoms with Gasteiger partial charge in [-0.05, 0) is 82.5 Å². The molecule has 2 aromatic carbocycles. The van der Waals surface area contributed by atoms with E-state index in [2.05, 4.69) is 28.4 Å². The first-order valence-corrected chi connectivity index (χ1v) is 16.4. The number of pyridine rings is 1. The van der Waals surface area contributed by atoms with Gasteiger partial charge in [0.15, 0.2) is 5.82 Å². The predicted molar refractivity (Wildman–Crippen MR) is 175 cm³/mol. The summed E-state index contributed by atoms with van der Waals surface area (Å²) < 4.78 is 38.2. The van der Waals surface area contributed by atoms with Crippen LogP contribution in [-0.2, 0) is 6.42 Å². The third kappa shape index (κ3) is 5.49. The van der Waals surface area contributed by atoms with Gasteiger partial charge in [-0.1, -0.05) is 43.5 Å². The summed E-state index contributed by atoms with van der Waals surface area (Å²) in [5.74, 6) is 1.91. The number of nitrogens with one attached hydrogen (secondary N) is 2. The number of rotatable bonds is 9. The molecule has 0 bridgehead atoms. The zero-order valence-corrected chi connectivity index (χ0v) is 25.9. The quantitative estimate of drug-likeness (QED) is 0.163. The lowest BCUT2D eigenvalue weighted by molar-refractivity contribution is 0.108. The van der Waals surface area contributed by atoms with Crippen molar-refractivity contribution in [3.63, 3.8) is 0 Å². The Bertz CT molecular complexity index is 1780. The van der Waals surface area contributed by atoms with Crippen LogP contribution < -0.4 is 15.4 Å². The van der Waals surface area contributed by atoms with Gasteiger partial charge in [0.05, 0.1) is 22.2 Å². The van der Waals surface area contributed by atoms with E-state index in [0.29, 0.717) is 40.9 Å². The van der Waals surface area contributed by atoms with Gasteiger partial charge in [-0.25, -0.2) is 13.8 Å². The molecule has 7 rings (SSSR count). The monoisotopic (exact) mass is 610 g/mol. The maximum absolute atomic E-state index is 16.9. The van der Waals surface area contributed by atoms with Crippen LogP contribution in [0.3, 0.4) is 0 Å². The summed E-state index contributed by atoms with van der Waals surface area (Å²) in [4.78, 5) is 17.0. The van der Waals surface area contributed by atoms with Crippen LogP contribution in [0.25, 0.3) is 32.9 Å². The smallest absolute Gasteiger partial charge is 0.319 e. The van der Waals surface area contributed by atoms with Crippen molar-refractivity contribution in [1.82, 2.24) is 25.2 Å². The normalized spacial score (nSPS) is 19.2. The Labute approximate surface area is 263 Å². The van der Waals surface area contributed by atoms with Crippen LogP contribution in [0.15, 0.2) is 30.3 Å². The number of aromatic nitrogens is 3. The summed E-state index contributed by atoms with van der Waals surface area (Å²) in [5, 5.41) is 8.92. The summed E-state index contributed by atoms with van der Waals surface area (Å²) in [6.07, 6.45) is 14.9. The molecule has 3 aliphatic rings. The van der Waals surface area contributed by atoms with Gasteiger partial charge in [-0.15, -0.1) is 6.42 Å². The highest BCUT2D eigenvalue weighted by Gasteiger charge is 2.45. The number of ether oxygens (including phenoxy) is 1. The van der Waals surface area contributed by atoms with E-state index in [9.17, 15) is 4.39 Å². The van der Waals surface area contributed by atoms with Crippen molar-refractivity contribution < 1.29 is 13.5 Å². The molecular formula is C36H40F2N6O. The van der Waals surface area contributed by atoms with Crippen LogP contribution in [0.1, 0.15) is 69.5 Å². The van der Waals surface area contributed by atoms with E-state index in [4.69, 9.17) is 26.1 Å². The van der Waals surface area contributed by atoms with Crippen molar-refractivity contribution in [2.45, 2.75) is 76.3 Å². The van der Waals surface area contributed by atoms with Crippen molar-refractivity contribution >= 4 is 27.5 Å². The molecule has 2 N–H and O–H groups in total. The van der Waals surface area contributed by atoms with E-state index in [-0.39, 0.29) is 34.4 Å². The Morgan fingerprint density at radius 1 is 1.09 bits per heavy atom. The fourth-order valence-electron chi connectivity index (χ4n) is 7.62. The molecular weight excluding hydrogens is 570 g/mol. The lowest BCUT2D eigenvalue weighted by Gasteiger charge is -2.31. The molecule has 2 saturated heterocycles. The molecule has 3 aliphatic heterocycles. The Kier molecular flexibility index (Phi) is 8.28. The van der Waals surface area contributed by atoms with E-state index >= 15 is 4.39 Å². The van der Waals surface area contributed by atoms with Gasteiger partial charge in [0.1, 0.15) is 29.5 Å². The molecule has 1 atom stereocenters. The van der Waals surface area contributed by atoms with Gasteiger partial charge in [-0.2, -0.15) is 9.97 Å². The molecule has 4 aromatic rings. The first-order chi connectivity index (χ1) is 22.0. The van der Waals surface area contributed by atoms with Crippen molar-refractivity contribution in [2.75, 3.05) is 38.1 Å². The van der Waals surface area contributed by atoms with E-state index in [1.807, 2.05) is 12.1 Å². The van der Waals surface area contributed by atoms with E-state index in [1.165, 1.54) is 6.07 Å². The molecule has 1 unspecified atom stereocenters. The largest absolute Gasteiger partial charge is 0.461 e. The maximum atomic E-state index is 16.9. The number of fused-ring (bicyclic) bond motifs is 2. The second-order valence-electron chi connectivity index (χ2n) is 12.8. The molecule has 9 heteroatoms. The number of halogens is 2. The van der Waals surface area contributed by atoms with E-state index in [0.717, 1.165) is 82.9 Å². The van der Waals surface area contributed by atoms with Crippen LogP contribution in [0, 0.1) is 24.0 Å². The van der Waals surface area contributed by atoms with Crippen LogP contribution in [0.2, 0.25) is 0 Å². The second kappa shape index (κ2) is 12.5. The predicted octanol–water partition coefficient (Wildman–Crippen LogP) is 6.62. The summed E-state index contributed by atoms with van der Waals surface area (Å²) >= 11 is 0. The number of nitrogens with zero attached hydrogens (tertiary/aromatic N) is 4. The lowest BCUT2D eigenvalue weighted by Crippen LogP contribution is -2.43. The third-order valence-electron chi connectivity index (χ3n) is 9.92. The minimum Gasteiger partial charge on any atom is -0.461 e. The lowest BCUT2D eigenvalue weighted by atomic mass is 9.95. The first kappa shape index (κ1) is 29.8. The molecule has 2 aromatic heterocycles. The third-order valence-corrected chi connectivity index (χ3v) is 9.92. The highest BCUT2D eigenvalue weighted by molar-refractivity contribution is 6.02. The molecule has 45 heavy (non-hydrogen) atoms. The molecule has 0 spiro atoms. The average molecular weight is 611 g/mol. The van der Waals surface area contributed by atoms with Crippen molar-refractivity contribution in [1.29, 1.82) is 0 Å². The number of hydrogen-bond donors (Lipinski definition) is 2. The summed E-state index contributed by atoms with van der Waals surface area (Å²) in [5.41, 5.74) is 1.50. The molecule has 0 radical (unpaired) electrons. The van der Waals surface area contributed by atoms with E-state index in [1.54, 1.807) is 12.1 Å². The van der Waals surface area contributed by atoms with Crippen LogP contribution >= 0.6 is 0 Å². The highest BCUT2D eigenvalue weighted by atomic mass is 19.1. The zero-order valence-electron chi connectivity index (χ0n) is 25.9. The maximum Gasteiger partial charge on any atom is 0.319 e. The summed E-state index contributed by atoms with van der Waals surface area (Å²) in [7, 11) is 0. The van der Waals surface area contributed by atoms with Gasteiger partial charge in [-0.3, -0.25) is 4.90 Å². The van der Waals surface area contributed by atoms with Crippen molar-refractivity contribution in [3.8, 4) is 29.6 Å². The Morgan fingerprint density at radius 3 is 2.73 bits per heavy atom. The van der Waals surface area contributed by atoms with Crippen LogP contribution in [0.5, 0.6) is 6.01 Å². The number of unbranched alkanes of at least 4 members (excludes halogenated alkanes) is 1. The molecule has 0 saturated carbocycles. The van der Waals surface area contributed by atoms with Gasteiger partial charge >= 0.3 is 6.01 Å². The Hall–Kier alpha value is -3.87. The molecule has 2 fully saturated rings. The first-order valence-electron chi connectivity index (χ1n) is 16.4. The van der Waals surface area contributed by atoms with Crippen molar-refractivity contribution in [2.24, 2.45) is 0 Å². The number of terminal acetylenes is 1. The number of hydrogen-bond acceptors (Lipinski definition) is 7. The summed E-state index contributed by atoms with van der Waals surface area (Å²) in [6.45, 7) is 6.54. The van der Waals surface area contributed by atoms with Gasteiger partial charge in [0.2, 0.25) is 0 Å². The van der Waals surface area contributed by atoms with Gasteiger partial charge in [0, 0.05) is 23.5 Å². The highest BCUT2D eigenvalue weighted by Crippen LogP contribution is 2.41. The Morgan fingerprint density at radius 2 is 1.93 bits per heavy atom. The fraction of sp³-hybridized carbons (Fsp3) is 0.472. The topological polar surface area (TPSA) is 75.2 Å². The zero-order chi connectivity index (χ0) is 31.0. The minimum absolute atomic E-state index is 0.00512. The fourth-order valence-corrected chi connectivity index (χ4v) is 7.62. The SMILES string of the molecule is C#Cc1c(F)ccc2cccc(-c3nc4c5c(nc(OCC67CCCN6CCC7)nc5c3F)NC(CNCCCC)CCC4)c12. The molecule has 0 aliphatic carbocycles. The van der Waals surface area contributed by atoms with Gasteiger partial charge < -0.3 is 15.4 Å². The molecule has 7 nitrogen and oxygen atoms in total. The number of benzene rings is 2. The number of anilines is 1. The molecule has 5 heterocycles. The number of aryl methyl sites for hydroxylation is 1. The van der Waals surface area contributed by atoms with Crippen molar-refractivity contribution in [3.05, 3.63) is 53.2 Å². The van der Waals surface area contributed by atoms with Crippen LogP contribution in [-0.4, -0.2) is 64.2 Å². The second-order valence-corrected chi connectivity index (χ2v) is 12.8. The standard InChI is InChI=1S/C36H40F2N6O/c1-3-5-18-39-21-24-11-7-13-28-30-33(42-35(43-34(30)40-24)45-22-36-16-8-19-44(36)20-9-17-36)31(38)32(41-28)26-12-6-10-23-14-15-27(37)25(4-2)29(23)26/h2,6,10,12,14-15,24,39H,3,5,7-9,11,13,16-22H2,1H3,(H,40,42,43). The average Bonchev–Trinajstić information content (AvgIpc) is 3.62. The molecule has 0 amide bonds.